The number of carbonyl (C=O) groups is 1. The van der Waals surface area contributed by atoms with Gasteiger partial charge in [-0.15, -0.1) is 0 Å². The minimum absolute atomic E-state index is 0.0155. The molecule has 1 aromatic carbocycles. The zero-order chi connectivity index (χ0) is 14.7. The SMILES string of the molecule is N#CC1CCCC1NC(=O)c1ccc(F)c([N+](=O)[O-])c1. The highest BCUT2D eigenvalue weighted by Crippen LogP contribution is 2.25. The monoisotopic (exact) mass is 277 g/mol. The van der Waals surface area contributed by atoms with Crippen molar-refractivity contribution in [2.45, 2.75) is 25.3 Å². The van der Waals surface area contributed by atoms with Crippen LogP contribution in [0.4, 0.5) is 10.1 Å². The number of rotatable bonds is 3. The lowest BCUT2D eigenvalue weighted by Gasteiger charge is -2.15. The fourth-order valence-electron chi connectivity index (χ4n) is 2.33. The van der Waals surface area contributed by atoms with Gasteiger partial charge in [-0.3, -0.25) is 14.9 Å². The smallest absolute Gasteiger partial charge is 0.305 e. The van der Waals surface area contributed by atoms with Gasteiger partial charge in [0.1, 0.15) is 0 Å². The number of nitro benzene ring substituents is 1. The number of nitro groups is 1. The first-order valence-electron chi connectivity index (χ1n) is 6.17. The number of nitriles is 1. The molecule has 7 heteroatoms. The van der Waals surface area contributed by atoms with Crippen LogP contribution in [0, 0.1) is 33.2 Å². The van der Waals surface area contributed by atoms with Gasteiger partial charge in [-0.05, 0) is 31.4 Å². The molecular formula is C13H12FN3O3. The molecule has 0 spiro atoms. The average molecular weight is 277 g/mol. The van der Waals surface area contributed by atoms with Gasteiger partial charge in [-0.25, -0.2) is 0 Å². The lowest BCUT2D eigenvalue weighted by Crippen LogP contribution is -2.36. The molecule has 2 unspecified atom stereocenters. The molecule has 0 heterocycles. The Morgan fingerprint density at radius 3 is 2.90 bits per heavy atom. The van der Waals surface area contributed by atoms with E-state index < -0.39 is 22.3 Å². The summed E-state index contributed by atoms with van der Waals surface area (Å²) in [6.07, 6.45) is 2.28. The van der Waals surface area contributed by atoms with Crippen molar-refractivity contribution in [1.29, 1.82) is 5.26 Å². The molecule has 1 fully saturated rings. The highest BCUT2D eigenvalue weighted by Gasteiger charge is 2.29. The molecule has 1 saturated carbocycles. The van der Waals surface area contributed by atoms with Crippen LogP contribution in [0.5, 0.6) is 0 Å². The fraction of sp³-hybridized carbons (Fsp3) is 0.385. The Morgan fingerprint density at radius 2 is 2.25 bits per heavy atom. The number of hydrogen-bond donors (Lipinski definition) is 1. The van der Waals surface area contributed by atoms with Crippen molar-refractivity contribution in [3.8, 4) is 6.07 Å². The summed E-state index contributed by atoms with van der Waals surface area (Å²) >= 11 is 0. The number of nitrogens with zero attached hydrogens (tertiary/aromatic N) is 2. The molecule has 20 heavy (non-hydrogen) atoms. The van der Waals surface area contributed by atoms with Crippen molar-refractivity contribution < 1.29 is 14.1 Å². The zero-order valence-corrected chi connectivity index (χ0v) is 10.5. The van der Waals surface area contributed by atoms with Crippen LogP contribution in [0.2, 0.25) is 0 Å². The molecule has 0 aliphatic heterocycles. The van der Waals surface area contributed by atoms with Gasteiger partial charge in [-0.1, -0.05) is 0 Å². The van der Waals surface area contributed by atoms with E-state index in [9.17, 15) is 19.3 Å². The maximum atomic E-state index is 13.2. The second kappa shape index (κ2) is 5.65. The average Bonchev–Trinajstić information content (AvgIpc) is 2.86. The summed E-state index contributed by atoms with van der Waals surface area (Å²) < 4.78 is 13.2. The van der Waals surface area contributed by atoms with Crippen molar-refractivity contribution in [3.63, 3.8) is 0 Å². The van der Waals surface area contributed by atoms with E-state index in [2.05, 4.69) is 11.4 Å². The van der Waals surface area contributed by atoms with E-state index in [1.165, 1.54) is 6.07 Å². The summed E-state index contributed by atoms with van der Waals surface area (Å²) in [6, 6.07) is 4.86. The summed E-state index contributed by atoms with van der Waals surface area (Å²) in [5, 5.41) is 22.2. The van der Waals surface area contributed by atoms with Crippen LogP contribution in [-0.4, -0.2) is 16.9 Å². The molecule has 1 aliphatic carbocycles. The maximum absolute atomic E-state index is 13.2. The standard InChI is InChI=1S/C13H12FN3O3/c14-10-5-4-8(6-12(10)17(19)20)13(18)16-11-3-1-2-9(11)7-15/h4-6,9,11H,1-3H2,(H,16,18). The summed E-state index contributed by atoms with van der Waals surface area (Å²) in [5.74, 6) is -1.75. The van der Waals surface area contributed by atoms with E-state index in [1.807, 2.05) is 0 Å². The summed E-state index contributed by atoms with van der Waals surface area (Å²) in [7, 11) is 0. The van der Waals surface area contributed by atoms with E-state index in [0.29, 0.717) is 6.42 Å². The Morgan fingerprint density at radius 1 is 1.50 bits per heavy atom. The number of benzene rings is 1. The topological polar surface area (TPSA) is 96.0 Å². The fourth-order valence-corrected chi connectivity index (χ4v) is 2.33. The quantitative estimate of drug-likeness (QED) is 0.676. The summed E-state index contributed by atoms with van der Waals surface area (Å²) in [4.78, 5) is 21.7. The molecule has 1 aliphatic rings. The maximum Gasteiger partial charge on any atom is 0.305 e. The molecule has 1 N–H and O–H groups in total. The van der Waals surface area contributed by atoms with Gasteiger partial charge in [0.05, 0.1) is 16.9 Å². The third kappa shape index (κ3) is 2.74. The second-order valence-corrected chi connectivity index (χ2v) is 4.67. The first-order chi connectivity index (χ1) is 9.52. The Balaban J connectivity index is 2.16. The van der Waals surface area contributed by atoms with E-state index in [4.69, 9.17) is 5.26 Å². The normalized spacial score (nSPS) is 21.2. The predicted molar refractivity (Wildman–Crippen MR) is 67.3 cm³/mol. The first kappa shape index (κ1) is 13.9. The van der Waals surface area contributed by atoms with Gasteiger partial charge < -0.3 is 5.32 Å². The molecule has 0 bridgehead atoms. The number of amides is 1. The molecule has 6 nitrogen and oxygen atoms in total. The van der Waals surface area contributed by atoms with Crippen molar-refractivity contribution >= 4 is 11.6 Å². The van der Waals surface area contributed by atoms with E-state index in [1.54, 1.807) is 0 Å². The first-order valence-corrected chi connectivity index (χ1v) is 6.17. The van der Waals surface area contributed by atoms with Crippen LogP contribution < -0.4 is 5.32 Å². The molecule has 0 saturated heterocycles. The molecule has 104 valence electrons. The lowest BCUT2D eigenvalue weighted by molar-refractivity contribution is -0.387. The van der Waals surface area contributed by atoms with Gasteiger partial charge in [0, 0.05) is 17.7 Å². The third-order valence-corrected chi connectivity index (χ3v) is 3.40. The Labute approximate surface area is 114 Å². The molecule has 2 rings (SSSR count). The highest BCUT2D eigenvalue weighted by molar-refractivity contribution is 5.95. The van der Waals surface area contributed by atoms with Gasteiger partial charge in [-0.2, -0.15) is 9.65 Å². The van der Waals surface area contributed by atoms with Crippen molar-refractivity contribution in [1.82, 2.24) is 5.32 Å². The van der Waals surface area contributed by atoms with E-state index in [-0.39, 0.29) is 17.5 Å². The van der Waals surface area contributed by atoms with Crippen LogP contribution in [-0.2, 0) is 0 Å². The Bertz CT molecular complexity index is 597. The zero-order valence-electron chi connectivity index (χ0n) is 10.5. The van der Waals surface area contributed by atoms with Crippen LogP contribution in [0.3, 0.4) is 0 Å². The van der Waals surface area contributed by atoms with Crippen LogP contribution in [0.15, 0.2) is 18.2 Å². The van der Waals surface area contributed by atoms with Crippen molar-refractivity contribution in [2.75, 3.05) is 0 Å². The molecule has 1 aromatic rings. The molecule has 2 atom stereocenters. The number of hydrogen-bond acceptors (Lipinski definition) is 4. The highest BCUT2D eigenvalue weighted by atomic mass is 19.1. The molecular weight excluding hydrogens is 265 g/mol. The Kier molecular flexibility index (Phi) is 3.94. The minimum atomic E-state index is -0.984. The van der Waals surface area contributed by atoms with Crippen LogP contribution >= 0.6 is 0 Å². The number of carbonyl (C=O) groups excluding carboxylic acids is 1. The number of nitrogens with one attached hydrogen (secondary N) is 1. The summed E-state index contributed by atoms with van der Waals surface area (Å²) in [5.41, 5.74) is -0.720. The van der Waals surface area contributed by atoms with E-state index in [0.717, 1.165) is 25.0 Å². The molecule has 0 aromatic heterocycles. The van der Waals surface area contributed by atoms with Gasteiger partial charge >= 0.3 is 5.69 Å². The van der Waals surface area contributed by atoms with E-state index >= 15 is 0 Å². The van der Waals surface area contributed by atoms with Gasteiger partial charge in [0.15, 0.2) is 0 Å². The largest absolute Gasteiger partial charge is 0.348 e. The second-order valence-electron chi connectivity index (χ2n) is 4.67. The third-order valence-electron chi connectivity index (χ3n) is 3.40. The predicted octanol–water partition coefficient (Wildman–Crippen LogP) is 2.16. The summed E-state index contributed by atoms with van der Waals surface area (Å²) in [6.45, 7) is 0. The van der Waals surface area contributed by atoms with Crippen LogP contribution in [0.25, 0.3) is 0 Å². The van der Waals surface area contributed by atoms with Gasteiger partial charge in [0.2, 0.25) is 5.82 Å². The molecule has 0 radical (unpaired) electrons. The van der Waals surface area contributed by atoms with Crippen molar-refractivity contribution in [3.05, 3.63) is 39.7 Å². The van der Waals surface area contributed by atoms with Crippen molar-refractivity contribution in [2.24, 2.45) is 5.92 Å². The van der Waals surface area contributed by atoms with Crippen LogP contribution in [0.1, 0.15) is 29.6 Å². The lowest BCUT2D eigenvalue weighted by atomic mass is 10.1. The number of halogens is 1. The van der Waals surface area contributed by atoms with Gasteiger partial charge in [0.25, 0.3) is 5.91 Å². The Hall–Kier alpha value is -2.49. The molecule has 1 amide bonds. The minimum Gasteiger partial charge on any atom is -0.348 e.